The lowest BCUT2D eigenvalue weighted by Crippen LogP contribution is -1.73. The van der Waals surface area contributed by atoms with Gasteiger partial charge in [-0.15, -0.1) is 0 Å². The maximum atomic E-state index is 13.5. The van der Waals surface area contributed by atoms with Crippen molar-refractivity contribution in [1.29, 1.82) is 0 Å². The van der Waals surface area contributed by atoms with Gasteiger partial charge in [0.15, 0.2) is 0 Å². The number of hydrogen-bond donors (Lipinski definition) is 1. The molecule has 0 aliphatic heterocycles. The van der Waals surface area contributed by atoms with Gasteiger partial charge in [0.05, 0.1) is 5.39 Å². The second-order valence-corrected chi connectivity index (χ2v) is 3.40. The normalized spacial score (nSPS) is 11.3. The van der Waals surface area contributed by atoms with Gasteiger partial charge in [0.25, 0.3) is 0 Å². The Kier molecular flexibility index (Phi) is 1.51. The fourth-order valence-corrected chi connectivity index (χ4v) is 1.77. The van der Waals surface area contributed by atoms with E-state index in [-0.39, 0.29) is 11.6 Å². The van der Waals surface area contributed by atoms with Gasteiger partial charge >= 0.3 is 0 Å². The number of phenols is 1. The van der Waals surface area contributed by atoms with Crippen molar-refractivity contribution in [3.63, 3.8) is 0 Å². The lowest BCUT2D eigenvalue weighted by Gasteiger charge is -1.91. The minimum atomic E-state index is -0.308. The van der Waals surface area contributed by atoms with Crippen LogP contribution >= 0.6 is 0 Å². The summed E-state index contributed by atoms with van der Waals surface area (Å²) in [7, 11) is 0. The molecule has 0 unspecified atom stereocenters. The Morgan fingerprint density at radius 2 is 1.93 bits per heavy atom. The molecule has 3 heteroatoms. The molecule has 2 nitrogen and oxygen atoms in total. The highest BCUT2D eigenvalue weighted by molar-refractivity contribution is 6.05. The van der Waals surface area contributed by atoms with Gasteiger partial charge in [-0.2, -0.15) is 0 Å². The van der Waals surface area contributed by atoms with Gasteiger partial charge in [-0.1, -0.05) is 6.07 Å². The van der Waals surface area contributed by atoms with E-state index in [1.54, 1.807) is 18.2 Å². The Morgan fingerprint density at radius 1 is 1.07 bits per heavy atom. The Bertz CT molecular complexity index is 655. The molecule has 1 aromatic heterocycles. The molecule has 0 aliphatic carbocycles. The van der Waals surface area contributed by atoms with Crippen LogP contribution in [0.15, 0.2) is 40.8 Å². The number of fused-ring (bicyclic) bond motifs is 3. The van der Waals surface area contributed by atoms with Crippen molar-refractivity contribution >= 4 is 21.9 Å². The largest absolute Gasteiger partial charge is 0.508 e. The Balaban J connectivity index is 2.59. The minimum absolute atomic E-state index is 0.113. The fourth-order valence-electron chi connectivity index (χ4n) is 1.77. The highest BCUT2D eigenvalue weighted by atomic mass is 19.1. The van der Waals surface area contributed by atoms with E-state index in [0.717, 1.165) is 0 Å². The summed E-state index contributed by atoms with van der Waals surface area (Å²) in [5.41, 5.74) is 0.991. The lowest BCUT2D eigenvalue weighted by molar-refractivity contribution is 0.475. The second-order valence-electron chi connectivity index (χ2n) is 3.40. The van der Waals surface area contributed by atoms with Crippen LogP contribution in [0.5, 0.6) is 5.75 Å². The summed E-state index contributed by atoms with van der Waals surface area (Å²) >= 11 is 0. The van der Waals surface area contributed by atoms with Crippen LogP contribution in [0.3, 0.4) is 0 Å². The highest BCUT2D eigenvalue weighted by Crippen LogP contribution is 2.32. The third-order valence-corrected chi connectivity index (χ3v) is 2.43. The molecular weight excluding hydrogens is 195 g/mol. The molecule has 0 atom stereocenters. The van der Waals surface area contributed by atoms with E-state index in [9.17, 15) is 9.50 Å². The first-order valence-electron chi connectivity index (χ1n) is 4.55. The minimum Gasteiger partial charge on any atom is -0.508 e. The van der Waals surface area contributed by atoms with Gasteiger partial charge in [0.2, 0.25) is 0 Å². The number of aromatic hydroxyl groups is 1. The molecule has 0 bridgehead atoms. The Hall–Kier alpha value is -2.03. The average Bonchev–Trinajstić information content (AvgIpc) is 2.56. The first-order chi connectivity index (χ1) is 7.25. The third-order valence-electron chi connectivity index (χ3n) is 2.43. The molecule has 0 saturated heterocycles. The number of halogens is 1. The van der Waals surface area contributed by atoms with Crippen LogP contribution in [0, 0.1) is 5.82 Å². The predicted molar refractivity (Wildman–Crippen MR) is 55.3 cm³/mol. The highest BCUT2D eigenvalue weighted by Gasteiger charge is 2.10. The summed E-state index contributed by atoms with van der Waals surface area (Å²) in [5, 5.41) is 10.4. The smallest absolute Gasteiger partial charge is 0.139 e. The zero-order valence-electron chi connectivity index (χ0n) is 7.70. The molecule has 3 rings (SSSR count). The average molecular weight is 202 g/mol. The standard InChI is InChI=1S/C12H7FO2/c13-9-2-1-3-10-12(9)8-5-4-7(14)6-11(8)15-10/h1-6,14H. The summed E-state index contributed by atoms with van der Waals surface area (Å²) in [6.45, 7) is 0. The van der Waals surface area contributed by atoms with Crippen molar-refractivity contribution in [2.24, 2.45) is 0 Å². The van der Waals surface area contributed by atoms with Gasteiger partial charge < -0.3 is 9.52 Å². The molecule has 0 radical (unpaired) electrons. The van der Waals surface area contributed by atoms with Crippen LogP contribution in [0.4, 0.5) is 4.39 Å². The van der Waals surface area contributed by atoms with Crippen molar-refractivity contribution in [2.75, 3.05) is 0 Å². The Labute approximate surface area is 84.5 Å². The van der Waals surface area contributed by atoms with Crippen molar-refractivity contribution in [3.05, 3.63) is 42.2 Å². The van der Waals surface area contributed by atoms with E-state index < -0.39 is 0 Å². The van der Waals surface area contributed by atoms with Crippen LogP contribution in [-0.4, -0.2) is 5.11 Å². The van der Waals surface area contributed by atoms with Gasteiger partial charge in [-0.05, 0) is 24.3 Å². The van der Waals surface area contributed by atoms with Crippen LogP contribution < -0.4 is 0 Å². The number of phenolic OH excluding ortho intramolecular Hbond substituents is 1. The zero-order valence-corrected chi connectivity index (χ0v) is 7.70. The van der Waals surface area contributed by atoms with Crippen LogP contribution in [0.2, 0.25) is 0 Å². The summed E-state index contributed by atoms with van der Waals surface area (Å²) in [5.74, 6) is -0.195. The van der Waals surface area contributed by atoms with Gasteiger partial charge in [-0.3, -0.25) is 0 Å². The lowest BCUT2D eigenvalue weighted by atomic mass is 10.1. The van der Waals surface area contributed by atoms with Crippen molar-refractivity contribution in [3.8, 4) is 5.75 Å². The van der Waals surface area contributed by atoms with Gasteiger partial charge in [0.1, 0.15) is 22.7 Å². The van der Waals surface area contributed by atoms with E-state index in [2.05, 4.69) is 0 Å². The summed E-state index contributed by atoms with van der Waals surface area (Å²) in [6, 6.07) is 9.34. The predicted octanol–water partition coefficient (Wildman–Crippen LogP) is 3.43. The Morgan fingerprint density at radius 3 is 2.80 bits per heavy atom. The first kappa shape index (κ1) is 8.29. The van der Waals surface area contributed by atoms with E-state index in [1.165, 1.54) is 18.2 Å². The van der Waals surface area contributed by atoms with Crippen LogP contribution in [-0.2, 0) is 0 Å². The van der Waals surface area contributed by atoms with Crippen LogP contribution in [0.1, 0.15) is 0 Å². The summed E-state index contributed by atoms with van der Waals surface area (Å²) in [6.07, 6.45) is 0. The van der Waals surface area contributed by atoms with E-state index >= 15 is 0 Å². The first-order valence-corrected chi connectivity index (χ1v) is 4.55. The van der Waals surface area contributed by atoms with E-state index in [4.69, 9.17) is 4.42 Å². The van der Waals surface area contributed by atoms with Crippen molar-refractivity contribution in [2.45, 2.75) is 0 Å². The van der Waals surface area contributed by atoms with Crippen molar-refractivity contribution in [1.82, 2.24) is 0 Å². The molecule has 1 N–H and O–H groups in total. The molecule has 2 aromatic carbocycles. The molecule has 15 heavy (non-hydrogen) atoms. The molecule has 3 aromatic rings. The molecule has 0 fully saturated rings. The number of hydrogen-bond acceptors (Lipinski definition) is 2. The molecular formula is C12H7FO2. The van der Waals surface area contributed by atoms with Gasteiger partial charge in [0, 0.05) is 11.5 Å². The summed E-state index contributed by atoms with van der Waals surface area (Å²) < 4.78 is 18.9. The molecule has 0 amide bonds. The maximum Gasteiger partial charge on any atom is 0.139 e. The topological polar surface area (TPSA) is 33.4 Å². The van der Waals surface area contributed by atoms with Crippen molar-refractivity contribution < 1.29 is 13.9 Å². The molecule has 0 aliphatic rings. The van der Waals surface area contributed by atoms with Gasteiger partial charge in [-0.25, -0.2) is 4.39 Å². The monoisotopic (exact) mass is 202 g/mol. The quantitative estimate of drug-likeness (QED) is 0.605. The van der Waals surface area contributed by atoms with Crippen LogP contribution in [0.25, 0.3) is 21.9 Å². The molecule has 74 valence electrons. The van der Waals surface area contributed by atoms with E-state index in [0.29, 0.717) is 21.9 Å². The van der Waals surface area contributed by atoms with E-state index in [1.807, 2.05) is 0 Å². The fraction of sp³-hybridized carbons (Fsp3) is 0. The third kappa shape index (κ3) is 1.09. The number of furan rings is 1. The SMILES string of the molecule is Oc1ccc2c(c1)oc1cccc(F)c12. The molecule has 0 spiro atoms. The molecule has 0 saturated carbocycles. The number of rotatable bonds is 0. The molecule has 1 heterocycles. The second kappa shape index (κ2) is 2.73. The summed E-state index contributed by atoms with van der Waals surface area (Å²) in [4.78, 5) is 0. The number of benzene rings is 2. The maximum absolute atomic E-state index is 13.5. The zero-order chi connectivity index (χ0) is 10.4.